The number of methoxy groups -OCH3 is 1. The molecule has 1 aliphatic heterocycles. The summed E-state index contributed by atoms with van der Waals surface area (Å²) in [5.41, 5.74) is 4.43. The highest BCUT2D eigenvalue weighted by atomic mass is 16.5. The SMILES string of the molecule is CO.COc1cccc(CN2CNc3cc(-c4cnoc4C)ccc3C2=O)c1. The summed E-state index contributed by atoms with van der Waals surface area (Å²) in [5, 5.41) is 14.2. The number of hydrogen-bond acceptors (Lipinski definition) is 6. The van der Waals surface area contributed by atoms with Gasteiger partial charge in [0.1, 0.15) is 11.5 Å². The Labute approximate surface area is 163 Å². The van der Waals surface area contributed by atoms with Crippen LogP contribution in [-0.2, 0) is 6.54 Å². The van der Waals surface area contributed by atoms with Crippen LogP contribution in [0.3, 0.4) is 0 Å². The van der Waals surface area contributed by atoms with Gasteiger partial charge in [0.2, 0.25) is 0 Å². The van der Waals surface area contributed by atoms with E-state index in [2.05, 4.69) is 10.5 Å². The summed E-state index contributed by atoms with van der Waals surface area (Å²) in [4.78, 5) is 14.6. The lowest BCUT2D eigenvalue weighted by Crippen LogP contribution is -2.39. The number of amides is 1. The van der Waals surface area contributed by atoms with Gasteiger partial charge in [0, 0.05) is 24.9 Å². The predicted octanol–water partition coefficient (Wildman–Crippen LogP) is 3.29. The van der Waals surface area contributed by atoms with Crippen molar-refractivity contribution in [2.75, 3.05) is 26.2 Å². The molecule has 7 nitrogen and oxygen atoms in total. The third kappa shape index (κ3) is 3.84. The highest BCUT2D eigenvalue weighted by Gasteiger charge is 2.24. The van der Waals surface area contributed by atoms with Crippen molar-refractivity contribution in [3.05, 3.63) is 65.5 Å². The molecule has 0 fully saturated rings. The van der Waals surface area contributed by atoms with Gasteiger partial charge in [-0.3, -0.25) is 4.79 Å². The number of aromatic nitrogens is 1. The number of aliphatic hydroxyl groups is 1. The third-order valence-electron chi connectivity index (χ3n) is 4.57. The van der Waals surface area contributed by atoms with E-state index >= 15 is 0 Å². The number of carbonyl (C=O) groups excluding carboxylic acids is 1. The first-order valence-corrected chi connectivity index (χ1v) is 8.82. The average Bonchev–Trinajstić information content (AvgIpc) is 3.17. The van der Waals surface area contributed by atoms with E-state index < -0.39 is 0 Å². The summed E-state index contributed by atoms with van der Waals surface area (Å²) in [7, 11) is 2.64. The first-order valence-electron chi connectivity index (χ1n) is 8.82. The zero-order chi connectivity index (χ0) is 20.1. The van der Waals surface area contributed by atoms with Gasteiger partial charge in [-0.25, -0.2) is 0 Å². The second-order valence-corrected chi connectivity index (χ2v) is 6.25. The van der Waals surface area contributed by atoms with Gasteiger partial charge in [0.05, 0.1) is 25.5 Å². The van der Waals surface area contributed by atoms with Crippen LogP contribution in [0.2, 0.25) is 0 Å². The Balaban J connectivity index is 0.00000109. The summed E-state index contributed by atoms with van der Waals surface area (Å²) in [6.07, 6.45) is 1.69. The van der Waals surface area contributed by atoms with Crippen molar-refractivity contribution in [2.45, 2.75) is 13.5 Å². The molecule has 0 aliphatic carbocycles. The van der Waals surface area contributed by atoms with E-state index in [9.17, 15) is 4.79 Å². The van der Waals surface area contributed by atoms with Crippen LogP contribution < -0.4 is 10.1 Å². The maximum atomic E-state index is 12.9. The lowest BCUT2D eigenvalue weighted by atomic mass is 10.0. The highest BCUT2D eigenvalue weighted by molar-refractivity contribution is 6.02. The van der Waals surface area contributed by atoms with Crippen molar-refractivity contribution in [1.29, 1.82) is 0 Å². The van der Waals surface area contributed by atoms with E-state index in [1.54, 1.807) is 18.2 Å². The molecule has 0 bridgehead atoms. The van der Waals surface area contributed by atoms with Gasteiger partial charge in [-0.1, -0.05) is 23.4 Å². The Hall–Kier alpha value is -3.32. The minimum Gasteiger partial charge on any atom is -0.497 e. The zero-order valence-electron chi connectivity index (χ0n) is 16.1. The van der Waals surface area contributed by atoms with Crippen molar-refractivity contribution in [2.24, 2.45) is 0 Å². The van der Waals surface area contributed by atoms with Crippen LogP contribution in [0.5, 0.6) is 5.75 Å². The molecule has 0 saturated carbocycles. The number of ether oxygens (including phenoxy) is 1. The van der Waals surface area contributed by atoms with Crippen molar-refractivity contribution in [3.63, 3.8) is 0 Å². The molecule has 0 atom stereocenters. The van der Waals surface area contributed by atoms with E-state index in [4.69, 9.17) is 14.4 Å². The Morgan fingerprint density at radius 3 is 2.75 bits per heavy atom. The normalized spacial score (nSPS) is 12.6. The van der Waals surface area contributed by atoms with Crippen LogP contribution in [0.25, 0.3) is 11.1 Å². The van der Waals surface area contributed by atoms with Crippen molar-refractivity contribution >= 4 is 11.6 Å². The Morgan fingerprint density at radius 2 is 2.04 bits per heavy atom. The van der Waals surface area contributed by atoms with Crippen molar-refractivity contribution in [1.82, 2.24) is 10.1 Å². The van der Waals surface area contributed by atoms with Crippen LogP contribution in [0.1, 0.15) is 21.7 Å². The van der Waals surface area contributed by atoms with E-state index in [1.807, 2.05) is 49.4 Å². The number of fused-ring (bicyclic) bond motifs is 1. The fraction of sp³-hybridized carbons (Fsp3) is 0.238. The molecule has 146 valence electrons. The van der Waals surface area contributed by atoms with Gasteiger partial charge in [0.25, 0.3) is 5.91 Å². The minimum absolute atomic E-state index is 0.00941. The summed E-state index contributed by atoms with van der Waals surface area (Å²) in [6, 6.07) is 13.5. The molecule has 2 N–H and O–H groups in total. The average molecular weight is 381 g/mol. The Bertz CT molecular complexity index is 968. The molecule has 0 unspecified atom stereocenters. The second-order valence-electron chi connectivity index (χ2n) is 6.25. The van der Waals surface area contributed by atoms with Crippen molar-refractivity contribution < 1.29 is 19.2 Å². The topological polar surface area (TPSA) is 87.8 Å². The van der Waals surface area contributed by atoms with Crippen LogP contribution >= 0.6 is 0 Å². The molecule has 2 heterocycles. The molecule has 1 aromatic heterocycles. The number of aryl methyl sites for hydroxylation is 1. The first-order chi connectivity index (χ1) is 13.7. The number of benzene rings is 2. The van der Waals surface area contributed by atoms with Gasteiger partial charge in [-0.15, -0.1) is 0 Å². The fourth-order valence-corrected chi connectivity index (χ4v) is 3.16. The fourth-order valence-electron chi connectivity index (χ4n) is 3.16. The first kappa shape index (κ1) is 19.4. The zero-order valence-corrected chi connectivity index (χ0v) is 16.1. The number of anilines is 1. The van der Waals surface area contributed by atoms with Crippen LogP contribution in [-0.4, -0.2) is 42.0 Å². The summed E-state index contributed by atoms with van der Waals surface area (Å²) >= 11 is 0. The predicted molar refractivity (Wildman–Crippen MR) is 106 cm³/mol. The number of rotatable bonds is 4. The lowest BCUT2D eigenvalue weighted by molar-refractivity contribution is 0.0746. The van der Waals surface area contributed by atoms with Gasteiger partial charge < -0.3 is 24.6 Å². The monoisotopic (exact) mass is 381 g/mol. The van der Waals surface area contributed by atoms with E-state index in [1.165, 1.54) is 0 Å². The molecule has 4 rings (SSSR count). The molecular formula is C21H23N3O4. The molecule has 0 saturated heterocycles. The molecule has 1 amide bonds. The summed E-state index contributed by atoms with van der Waals surface area (Å²) < 4.78 is 10.4. The number of nitrogens with one attached hydrogen (secondary N) is 1. The Kier molecular flexibility index (Phi) is 5.96. The van der Waals surface area contributed by atoms with Gasteiger partial charge in [-0.05, 0) is 42.3 Å². The van der Waals surface area contributed by atoms with Crippen molar-refractivity contribution in [3.8, 4) is 16.9 Å². The third-order valence-corrected chi connectivity index (χ3v) is 4.57. The van der Waals surface area contributed by atoms with E-state index in [-0.39, 0.29) is 5.91 Å². The maximum Gasteiger partial charge on any atom is 0.257 e. The van der Waals surface area contributed by atoms with Crippen LogP contribution in [0, 0.1) is 6.92 Å². The number of aliphatic hydroxyl groups excluding tert-OH is 1. The number of nitrogens with zero attached hydrogens (tertiary/aromatic N) is 2. The minimum atomic E-state index is 0.00941. The lowest BCUT2D eigenvalue weighted by Gasteiger charge is -2.30. The quantitative estimate of drug-likeness (QED) is 0.721. The van der Waals surface area contributed by atoms with Gasteiger partial charge >= 0.3 is 0 Å². The molecule has 0 radical (unpaired) electrons. The van der Waals surface area contributed by atoms with E-state index in [0.717, 1.165) is 41.0 Å². The maximum absolute atomic E-state index is 12.9. The second kappa shape index (κ2) is 8.58. The largest absolute Gasteiger partial charge is 0.497 e. The molecule has 2 aromatic carbocycles. The molecule has 0 spiro atoms. The van der Waals surface area contributed by atoms with Crippen LogP contribution in [0.4, 0.5) is 5.69 Å². The number of carbonyl (C=O) groups is 1. The molecule has 1 aliphatic rings. The number of hydrogen-bond donors (Lipinski definition) is 2. The molecule has 3 aromatic rings. The Morgan fingerprint density at radius 1 is 1.21 bits per heavy atom. The molecule has 28 heavy (non-hydrogen) atoms. The van der Waals surface area contributed by atoms with E-state index in [0.29, 0.717) is 18.8 Å². The van der Waals surface area contributed by atoms with Crippen LogP contribution in [0.15, 0.2) is 53.2 Å². The highest BCUT2D eigenvalue weighted by Crippen LogP contribution is 2.31. The standard InChI is InChI=1S/C20H19N3O3.CH4O/c1-13-18(10-22-26-13)15-6-7-17-19(9-15)21-12-23(20(17)24)11-14-4-3-5-16(8-14)25-2;1-2/h3-10,21H,11-12H2,1-2H3;2H,1H3. The molecular weight excluding hydrogens is 358 g/mol. The van der Waals surface area contributed by atoms with Gasteiger partial charge in [0.15, 0.2) is 0 Å². The van der Waals surface area contributed by atoms with Gasteiger partial charge in [-0.2, -0.15) is 0 Å². The molecule has 7 heteroatoms. The summed E-state index contributed by atoms with van der Waals surface area (Å²) in [5.74, 6) is 1.55. The smallest absolute Gasteiger partial charge is 0.257 e. The summed E-state index contributed by atoms with van der Waals surface area (Å²) in [6.45, 7) is 2.85.